The van der Waals surface area contributed by atoms with Crippen LogP contribution in [0.3, 0.4) is 0 Å². The number of methoxy groups -OCH3 is 3. The number of carbonyl (C=O) groups is 1. The number of nitrogens with one attached hydrogen (secondary N) is 1. The van der Waals surface area contributed by atoms with Crippen LogP contribution >= 0.6 is 11.3 Å². The van der Waals surface area contributed by atoms with Gasteiger partial charge in [-0.05, 0) is 12.1 Å². The molecule has 8 heteroatoms. The third-order valence-electron chi connectivity index (χ3n) is 3.99. The number of benzene rings is 1. The summed E-state index contributed by atoms with van der Waals surface area (Å²) in [7, 11) is 4.60. The van der Waals surface area contributed by atoms with Crippen LogP contribution in [0.5, 0.6) is 17.2 Å². The number of rotatable bonds is 8. The van der Waals surface area contributed by atoms with Crippen LogP contribution in [0.1, 0.15) is 11.4 Å². The van der Waals surface area contributed by atoms with Crippen LogP contribution in [-0.2, 0) is 11.2 Å². The molecule has 2 aromatic heterocycles. The molecule has 7 nitrogen and oxygen atoms in total. The SMILES string of the molecule is COc1cc(NC(=O)CCc2nc(-c3ccccn3)cs2)cc(OC)c1OC. The van der Waals surface area contributed by atoms with Gasteiger partial charge < -0.3 is 19.5 Å². The van der Waals surface area contributed by atoms with Gasteiger partial charge in [-0.15, -0.1) is 11.3 Å². The van der Waals surface area contributed by atoms with Crippen molar-refractivity contribution in [2.45, 2.75) is 12.8 Å². The predicted octanol–water partition coefficient (Wildman–Crippen LogP) is 3.80. The summed E-state index contributed by atoms with van der Waals surface area (Å²) in [6.45, 7) is 0. The molecule has 1 amide bonds. The maximum absolute atomic E-state index is 12.4. The van der Waals surface area contributed by atoms with E-state index in [9.17, 15) is 4.79 Å². The fourth-order valence-electron chi connectivity index (χ4n) is 2.65. The van der Waals surface area contributed by atoms with E-state index in [1.54, 1.807) is 18.3 Å². The van der Waals surface area contributed by atoms with E-state index in [0.717, 1.165) is 16.4 Å². The van der Waals surface area contributed by atoms with Crippen molar-refractivity contribution in [3.63, 3.8) is 0 Å². The van der Waals surface area contributed by atoms with Crippen molar-refractivity contribution in [3.05, 3.63) is 46.9 Å². The highest BCUT2D eigenvalue weighted by Gasteiger charge is 2.15. The molecule has 0 aliphatic carbocycles. The molecule has 0 saturated heterocycles. The van der Waals surface area contributed by atoms with Gasteiger partial charge in [0, 0.05) is 42.2 Å². The normalized spacial score (nSPS) is 10.4. The maximum atomic E-state index is 12.4. The largest absolute Gasteiger partial charge is 0.493 e. The number of anilines is 1. The van der Waals surface area contributed by atoms with E-state index in [2.05, 4.69) is 15.3 Å². The molecule has 1 aromatic carbocycles. The number of aryl methyl sites for hydroxylation is 1. The summed E-state index contributed by atoms with van der Waals surface area (Å²) in [6.07, 6.45) is 2.60. The number of carbonyl (C=O) groups excluding carboxylic acids is 1. The second-order valence-corrected chi connectivity index (χ2v) is 6.75. The van der Waals surface area contributed by atoms with Crippen LogP contribution < -0.4 is 19.5 Å². The molecule has 0 aliphatic heterocycles. The molecule has 3 aromatic rings. The maximum Gasteiger partial charge on any atom is 0.224 e. The molecule has 0 bridgehead atoms. The monoisotopic (exact) mass is 399 g/mol. The van der Waals surface area contributed by atoms with Gasteiger partial charge in [0.1, 0.15) is 0 Å². The summed E-state index contributed by atoms with van der Waals surface area (Å²) >= 11 is 1.52. The van der Waals surface area contributed by atoms with Crippen molar-refractivity contribution in [3.8, 4) is 28.6 Å². The predicted molar refractivity (Wildman–Crippen MR) is 108 cm³/mol. The fourth-order valence-corrected chi connectivity index (χ4v) is 3.45. The van der Waals surface area contributed by atoms with Gasteiger partial charge in [-0.3, -0.25) is 9.78 Å². The Bertz CT molecular complexity index is 919. The Labute approximate surface area is 167 Å². The molecule has 146 valence electrons. The Hall–Kier alpha value is -3.13. The zero-order valence-corrected chi connectivity index (χ0v) is 16.7. The molecule has 28 heavy (non-hydrogen) atoms. The van der Waals surface area contributed by atoms with Crippen LogP contribution in [0.15, 0.2) is 41.9 Å². The van der Waals surface area contributed by atoms with E-state index in [-0.39, 0.29) is 5.91 Å². The minimum Gasteiger partial charge on any atom is -0.493 e. The number of ether oxygens (including phenoxy) is 3. The number of amides is 1. The molecule has 1 N–H and O–H groups in total. The molecule has 0 unspecified atom stereocenters. The first-order chi connectivity index (χ1) is 13.6. The molecule has 0 fully saturated rings. The first kappa shape index (κ1) is 19.6. The van der Waals surface area contributed by atoms with Crippen LogP contribution in [0.25, 0.3) is 11.4 Å². The van der Waals surface area contributed by atoms with Crippen molar-refractivity contribution in [1.29, 1.82) is 0 Å². The van der Waals surface area contributed by atoms with Gasteiger partial charge in [-0.1, -0.05) is 6.07 Å². The Morgan fingerprint density at radius 1 is 1.07 bits per heavy atom. The Kier molecular flexibility index (Phi) is 6.44. The lowest BCUT2D eigenvalue weighted by Crippen LogP contribution is -2.12. The zero-order valence-electron chi connectivity index (χ0n) is 15.9. The molecule has 0 aliphatic rings. The molecule has 2 heterocycles. The van der Waals surface area contributed by atoms with Gasteiger partial charge in [0.25, 0.3) is 0 Å². The smallest absolute Gasteiger partial charge is 0.224 e. The minimum atomic E-state index is -0.121. The summed E-state index contributed by atoms with van der Waals surface area (Å²) in [5, 5.41) is 5.70. The standard InChI is InChI=1S/C20H21N3O4S/c1-25-16-10-13(11-17(26-2)20(16)27-3)22-18(24)7-8-19-23-15(12-28-19)14-6-4-5-9-21-14/h4-6,9-12H,7-8H2,1-3H3,(H,22,24). The molecule has 0 saturated carbocycles. The number of nitrogens with zero attached hydrogens (tertiary/aromatic N) is 2. The van der Waals surface area contributed by atoms with Gasteiger partial charge in [0.15, 0.2) is 11.5 Å². The molecule has 0 spiro atoms. The lowest BCUT2D eigenvalue weighted by molar-refractivity contribution is -0.116. The topological polar surface area (TPSA) is 82.6 Å². The molecule has 0 atom stereocenters. The second kappa shape index (κ2) is 9.18. The van der Waals surface area contributed by atoms with Gasteiger partial charge in [0.05, 0.1) is 37.7 Å². The van der Waals surface area contributed by atoms with Crippen LogP contribution in [0.4, 0.5) is 5.69 Å². The van der Waals surface area contributed by atoms with Crippen molar-refractivity contribution in [2.75, 3.05) is 26.6 Å². The van der Waals surface area contributed by atoms with Crippen molar-refractivity contribution < 1.29 is 19.0 Å². The molecular weight excluding hydrogens is 378 g/mol. The van der Waals surface area contributed by atoms with Crippen molar-refractivity contribution >= 4 is 22.9 Å². The summed E-state index contributed by atoms with van der Waals surface area (Å²) in [5.41, 5.74) is 2.23. The van der Waals surface area contributed by atoms with Crippen molar-refractivity contribution in [1.82, 2.24) is 9.97 Å². The van der Waals surface area contributed by atoms with E-state index in [0.29, 0.717) is 35.8 Å². The number of hydrogen-bond donors (Lipinski definition) is 1. The van der Waals surface area contributed by atoms with Crippen LogP contribution in [-0.4, -0.2) is 37.2 Å². The van der Waals surface area contributed by atoms with Crippen LogP contribution in [0.2, 0.25) is 0 Å². The quantitative estimate of drug-likeness (QED) is 0.620. The fraction of sp³-hybridized carbons (Fsp3) is 0.250. The number of thiazole rings is 1. The summed E-state index contributed by atoms with van der Waals surface area (Å²) in [6, 6.07) is 9.09. The number of hydrogen-bond acceptors (Lipinski definition) is 7. The number of aromatic nitrogens is 2. The van der Waals surface area contributed by atoms with Gasteiger partial charge in [-0.25, -0.2) is 4.98 Å². The highest BCUT2D eigenvalue weighted by molar-refractivity contribution is 7.09. The Balaban J connectivity index is 1.63. The van der Waals surface area contributed by atoms with E-state index < -0.39 is 0 Å². The van der Waals surface area contributed by atoms with E-state index in [1.165, 1.54) is 32.7 Å². The lowest BCUT2D eigenvalue weighted by Gasteiger charge is -2.14. The van der Waals surface area contributed by atoms with E-state index in [4.69, 9.17) is 14.2 Å². The van der Waals surface area contributed by atoms with E-state index in [1.807, 2.05) is 23.6 Å². The first-order valence-electron chi connectivity index (χ1n) is 8.60. The summed E-state index contributed by atoms with van der Waals surface area (Å²) < 4.78 is 15.9. The highest BCUT2D eigenvalue weighted by atomic mass is 32.1. The van der Waals surface area contributed by atoms with E-state index >= 15 is 0 Å². The van der Waals surface area contributed by atoms with Crippen molar-refractivity contribution in [2.24, 2.45) is 0 Å². The molecule has 0 radical (unpaired) electrons. The van der Waals surface area contributed by atoms with Gasteiger partial charge in [0.2, 0.25) is 11.7 Å². The zero-order chi connectivity index (χ0) is 19.9. The summed E-state index contributed by atoms with van der Waals surface area (Å²) in [5.74, 6) is 1.32. The van der Waals surface area contributed by atoms with Gasteiger partial charge >= 0.3 is 0 Å². The average Bonchev–Trinajstić information content (AvgIpc) is 3.21. The number of pyridine rings is 1. The average molecular weight is 399 g/mol. The highest BCUT2D eigenvalue weighted by Crippen LogP contribution is 2.39. The third-order valence-corrected chi connectivity index (χ3v) is 4.90. The molecule has 3 rings (SSSR count). The van der Waals surface area contributed by atoms with Crippen LogP contribution in [0, 0.1) is 0 Å². The minimum absolute atomic E-state index is 0.121. The van der Waals surface area contributed by atoms with Gasteiger partial charge in [-0.2, -0.15) is 0 Å². The lowest BCUT2D eigenvalue weighted by atomic mass is 10.2. The summed E-state index contributed by atoms with van der Waals surface area (Å²) in [4.78, 5) is 21.2. The Morgan fingerprint density at radius 2 is 1.82 bits per heavy atom. The second-order valence-electron chi connectivity index (χ2n) is 5.80. The Morgan fingerprint density at radius 3 is 2.43 bits per heavy atom. The molecular formula is C20H21N3O4S. The first-order valence-corrected chi connectivity index (χ1v) is 9.48. The third kappa shape index (κ3) is 4.58.